The Kier molecular flexibility index (Phi) is 6.93. The van der Waals surface area contributed by atoms with Crippen molar-refractivity contribution < 1.29 is 4.79 Å². The van der Waals surface area contributed by atoms with Crippen molar-refractivity contribution in [2.75, 3.05) is 25.6 Å². The number of likely N-dealkylation sites (N-methyl/N-ethyl adjacent to an activating group) is 1. The van der Waals surface area contributed by atoms with E-state index in [2.05, 4.69) is 54.5 Å². The Hall–Kier alpha value is -1.04. The fourth-order valence-corrected chi connectivity index (χ4v) is 4.20. The van der Waals surface area contributed by atoms with Crippen LogP contribution in [0, 0.1) is 5.92 Å². The van der Waals surface area contributed by atoms with Crippen LogP contribution >= 0.6 is 23.1 Å². The molecule has 2 unspecified atom stereocenters. The quantitative estimate of drug-likeness (QED) is 0.785. The van der Waals surface area contributed by atoms with E-state index in [1.165, 1.54) is 15.0 Å². The van der Waals surface area contributed by atoms with Gasteiger partial charge in [0, 0.05) is 40.4 Å². The van der Waals surface area contributed by atoms with Gasteiger partial charge in [0.25, 0.3) is 0 Å². The topological polar surface area (TPSA) is 32.3 Å². The van der Waals surface area contributed by atoms with Crippen molar-refractivity contribution in [3.8, 4) is 0 Å². The number of amides is 1. The van der Waals surface area contributed by atoms with Crippen LogP contribution in [0.1, 0.15) is 18.7 Å². The second-order valence-electron chi connectivity index (χ2n) is 6.12. The SMILES string of the molecule is CSCC(C)C(=O)NCC(C)N(C)Cc1cc2ccccc2s1. The Morgan fingerprint density at radius 1 is 1.35 bits per heavy atom. The molecule has 0 fully saturated rings. The fourth-order valence-electron chi connectivity index (χ4n) is 2.42. The molecule has 0 saturated heterocycles. The van der Waals surface area contributed by atoms with Crippen molar-refractivity contribution in [1.82, 2.24) is 10.2 Å². The Balaban J connectivity index is 1.84. The van der Waals surface area contributed by atoms with Gasteiger partial charge in [-0.2, -0.15) is 11.8 Å². The summed E-state index contributed by atoms with van der Waals surface area (Å²) in [5.41, 5.74) is 0. The third-order valence-electron chi connectivity index (χ3n) is 4.07. The molecule has 2 aromatic rings. The predicted molar refractivity (Wildman–Crippen MR) is 103 cm³/mol. The van der Waals surface area contributed by atoms with Crippen molar-refractivity contribution in [3.05, 3.63) is 35.2 Å². The number of nitrogens with zero attached hydrogens (tertiary/aromatic N) is 1. The molecule has 0 bridgehead atoms. The third kappa shape index (κ3) is 5.23. The molecule has 1 aromatic carbocycles. The first-order valence-electron chi connectivity index (χ1n) is 7.95. The standard InChI is InChI=1S/C18H26N2OS2/c1-13(12-22-4)18(21)19-10-14(2)20(3)11-16-9-15-7-5-6-8-17(15)23-16/h5-9,13-14H,10-12H2,1-4H3,(H,19,21). The molecular formula is C18H26N2OS2. The number of thioether (sulfide) groups is 1. The molecule has 0 spiro atoms. The van der Waals surface area contributed by atoms with Gasteiger partial charge in [-0.3, -0.25) is 9.69 Å². The number of nitrogens with one attached hydrogen (secondary N) is 1. The normalized spacial score (nSPS) is 14.1. The van der Waals surface area contributed by atoms with Gasteiger partial charge in [-0.25, -0.2) is 0 Å². The van der Waals surface area contributed by atoms with Crippen LogP contribution in [0.5, 0.6) is 0 Å². The molecule has 0 saturated carbocycles. The highest BCUT2D eigenvalue weighted by molar-refractivity contribution is 7.98. The van der Waals surface area contributed by atoms with E-state index in [-0.39, 0.29) is 11.8 Å². The zero-order valence-corrected chi connectivity index (χ0v) is 16.0. The number of benzene rings is 1. The summed E-state index contributed by atoms with van der Waals surface area (Å²) in [5, 5.41) is 4.38. The van der Waals surface area contributed by atoms with E-state index < -0.39 is 0 Å². The lowest BCUT2D eigenvalue weighted by molar-refractivity contribution is -0.124. The first kappa shape index (κ1) is 18.3. The third-order valence-corrected chi connectivity index (χ3v) is 6.00. The molecule has 0 aliphatic rings. The van der Waals surface area contributed by atoms with Gasteiger partial charge >= 0.3 is 0 Å². The number of hydrogen-bond donors (Lipinski definition) is 1. The van der Waals surface area contributed by atoms with E-state index in [0.717, 1.165) is 12.3 Å². The van der Waals surface area contributed by atoms with Gasteiger partial charge in [0.2, 0.25) is 5.91 Å². The zero-order valence-electron chi connectivity index (χ0n) is 14.3. The number of fused-ring (bicyclic) bond motifs is 1. The summed E-state index contributed by atoms with van der Waals surface area (Å²) in [5.74, 6) is 1.10. The Morgan fingerprint density at radius 2 is 2.09 bits per heavy atom. The Bertz CT molecular complexity index is 608. The van der Waals surface area contributed by atoms with Gasteiger partial charge in [-0.15, -0.1) is 11.3 Å². The van der Waals surface area contributed by atoms with Gasteiger partial charge in [0.15, 0.2) is 0 Å². The minimum atomic E-state index is 0.0742. The van der Waals surface area contributed by atoms with Crippen molar-refractivity contribution in [2.24, 2.45) is 5.92 Å². The molecule has 5 heteroatoms. The van der Waals surface area contributed by atoms with Gasteiger partial charge < -0.3 is 5.32 Å². The van der Waals surface area contributed by atoms with E-state index in [0.29, 0.717) is 12.6 Å². The minimum Gasteiger partial charge on any atom is -0.354 e. The summed E-state index contributed by atoms with van der Waals surface area (Å²) in [6, 6.07) is 11.1. The molecule has 3 nitrogen and oxygen atoms in total. The highest BCUT2D eigenvalue weighted by Crippen LogP contribution is 2.26. The molecule has 23 heavy (non-hydrogen) atoms. The van der Waals surface area contributed by atoms with Crippen LogP contribution in [-0.2, 0) is 11.3 Å². The average molecular weight is 351 g/mol. The van der Waals surface area contributed by atoms with E-state index in [1.54, 1.807) is 11.8 Å². The van der Waals surface area contributed by atoms with Gasteiger partial charge in [-0.05, 0) is 37.7 Å². The van der Waals surface area contributed by atoms with Gasteiger partial charge in [0.05, 0.1) is 0 Å². The summed E-state index contributed by atoms with van der Waals surface area (Å²) in [7, 11) is 2.12. The number of thiophene rings is 1. The van der Waals surface area contributed by atoms with Crippen molar-refractivity contribution in [3.63, 3.8) is 0 Å². The molecule has 126 valence electrons. The molecule has 0 aliphatic heterocycles. The predicted octanol–water partition coefficient (Wildman–Crippen LogP) is 3.84. The van der Waals surface area contributed by atoms with Crippen LogP contribution in [-0.4, -0.2) is 42.4 Å². The van der Waals surface area contributed by atoms with Gasteiger partial charge in [-0.1, -0.05) is 25.1 Å². The lowest BCUT2D eigenvalue weighted by atomic mass is 10.2. The van der Waals surface area contributed by atoms with Crippen LogP contribution in [0.3, 0.4) is 0 Å². The summed E-state index contributed by atoms with van der Waals surface area (Å²) < 4.78 is 1.34. The maximum absolute atomic E-state index is 12.0. The smallest absolute Gasteiger partial charge is 0.223 e. The zero-order chi connectivity index (χ0) is 16.8. The summed E-state index contributed by atoms with van der Waals surface area (Å²) in [6.45, 7) is 5.75. The molecule has 2 rings (SSSR count). The molecule has 1 amide bonds. The first-order chi connectivity index (χ1) is 11.0. The summed E-state index contributed by atoms with van der Waals surface area (Å²) in [4.78, 5) is 15.7. The molecule has 1 aromatic heterocycles. The average Bonchev–Trinajstić information content (AvgIpc) is 2.94. The minimum absolute atomic E-state index is 0.0742. The molecule has 0 radical (unpaired) electrons. The number of hydrogen-bond acceptors (Lipinski definition) is 4. The first-order valence-corrected chi connectivity index (χ1v) is 10.2. The second-order valence-corrected chi connectivity index (χ2v) is 8.20. The summed E-state index contributed by atoms with van der Waals surface area (Å²) >= 11 is 3.56. The Labute approximate surface area is 147 Å². The molecule has 1 N–H and O–H groups in total. The van der Waals surface area contributed by atoms with Crippen molar-refractivity contribution >= 4 is 39.1 Å². The lowest BCUT2D eigenvalue weighted by Crippen LogP contribution is -2.41. The monoisotopic (exact) mass is 350 g/mol. The number of carbonyl (C=O) groups is 1. The highest BCUT2D eigenvalue weighted by Gasteiger charge is 2.15. The molecular weight excluding hydrogens is 324 g/mol. The lowest BCUT2D eigenvalue weighted by Gasteiger charge is -2.25. The van der Waals surface area contributed by atoms with Crippen LogP contribution in [0.2, 0.25) is 0 Å². The van der Waals surface area contributed by atoms with Crippen molar-refractivity contribution in [2.45, 2.75) is 26.4 Å². The van der Waals surface area contributed by atoms with E-state index in [4.69, 9.17) is 0 Å². The maximum Gasteiger partial charge on any atom is 0.223 e. The van der Waals surface area contributed by atoms with E-state index in [1.807, 2.05) is 24.5 Å². The van der Waals surface area contributed by atoms with Gasteiger partial charge in [0.1, 0.15) is 0 Å². The second kappa shape index (κ2) is 8.71. The van der Waals surface area contributed by atoms with Crippen LogP contribution < -0.4 is 5.32 Å². The number of carbonyl (C=O) groups excluding carboxylic acids is 1. The molecule has 0 aliphatic carbocycles. The van der Waals surface area contributed by atoms with Crippen LogP contribution in [0.15, 0.2) is 30.3 Å². The van der Waals surface area contributed by atoms with Crippen LogP contribution in [0.4, 0.5) is 0 Å². The van der Waals surface area contributed by atoms with E-state index in [9.17, 15) is 4.79 Å². The largest absolute Gasteiger partial charge is 0.354 e. The van der Waals surface area contributed by atoms with E-state index >= 15 is 0 Å². The van der Waals surface area contributed by atoms with Crippen LogP contribution in [0.25, 0.3) is 10.1 Å². The molecule has 2 atom stereocenters. The molecule has 1 heterocycles. The fraction of sp³-hybridized carbons (Fsp3) is 0.500. The number of rotatable bonds is 8. The maximum atomic E-state index is 12.0. The highest BCUT2D eigenvalue weighted by atomic mass is 32.2. The summed E-state index contributed by atoms with van der Waals surface area (Å²) in [6.07, 6.45) is 2.03. The van der Waals surface area contributed by atoms with Crippen molar-refractivity contribution in [1.29, 1.82) is 0 Å². The Morgan fingerprint density at radius 3 is 2.78 bits per heavy atom.